The van der Waals surface area contributed by atoms with Gasteiger partial charge in [0.25, 0.3) is 0 Å². The van der Waals surface area contributed by atoms with Gasteiger partial charge < -0.3 is 9.52 Å². The van der Waals surface area contributed by atoms with Crippen LogP contribution in [0.15, 0.2) is 33.5 Å². The van der Waals surface area contributed by atoms with Crippen molar-refractivity contribution < 1.29 is 9.52 Å². The molecule has 4 nitrogen and oxygen atoms in total. The number of oxazole rings is 1. The van der Waals surface area contributed by atoms with Crippen molar-refractivity contribution in [1.82, 2.24) is 4.98 Å². The molecule has 1 atom stereocenters. The van der Waals surface area contributed by atoms with Crippen molar-refractivity contribution in [3.8, 4) is 0 Å². The molecular formula is C10H12N2O2S. The van der Waals surface area contributed by atoms with E-state index in [1.54, 1.807) is 32.5 Å². The van der Waals surface area contributed by atoms with Crippen molar-refractivity contribution in [1.29, 1.82) is 0 Å². The lowest BCUT2D eigenvalue weighted by molar-refractivity contribution is 0.0517. The van der Waals surface area contributed by atoms with Gasteiger partial charge in [-0.3, -0.25) is 4.99 Å². The molecule has 0 fully saturated rings. The second kappa shape index (κ2) is 3.50. The quantitative estimate of drug-likeness (QED) is 0.834. The lowest BCUT2D eigenvalue weighted by Gasteiger charge is -2.37. The predicted octanol–water partition coefficient (Wildman–Crippen LogP) is 1.93. The molecule has 80 valence electrons. The van der Waals surface area contributed by atoms with Crippen LogP contribution in [0, 0.1) is 0 Å². The molecule has 0 amide bonds. The molecule has 0 radical (unpaired) electrons. The molecule has 1 aliphatic heterocycles. The maximum atomic E-state index is 10.2. The summed E-state index contributed by atoms with van der Waals surface area (Å²) in [5, 5.41) is 12.0. The van der Waals surface area contributed by atoms with Crippen LogP contribution in [0.4, 0.5) is 0 Å². The molecule has 0 aliphatic carbocycles. The summed E-state index contributed by atoms with van der Waals surface area (Å²) in [5.74, 6) is 0.466. The van der Waals surface area contributed by atoms with E-state index < -0.39 is 10.3 Å². The fourth-order valence-electron chi connectivity index (χ4n) is 1.43. The monoisotopic (exact) mass is 224 g/mol. The first kappa shape index (κ1) is 10.4. The Labute approximate surface area is 92.1 Å². The average Bonchev–Trinajstić information content (AvgIpc) is 2.70. The topological polar surface area (TPSA) is 58.6 Å². The van der Waals surface area contributed by atoms with E-state index in [2.05, 4.69) is 9.98 Å². The van der Waals surface area contributed by atoms with Crippen LogP contribution < -0.4 is 0 Å². The van der Waals surface area contributed by atoms with E-state index in [-0.39, 0.29) is 0 Å². The number of rotatable bonds is 2. The number of nitrogens with zero attached hydrogens (tertiary/aromatic N) is 2. The lowest BCUT2D eigenvalue weighted by atomic mass is 9.90. The lowest BCUT2D eigenvalue weighted by Crippen LogP contribution is -2.46. The highest BCUT2D eigenvalue weighted by Crippen LogP contribution is 2.45. The van der Waals surface area contributed by atoms with Gasteiger partial charge in [0, 0.05) is 12.4 Å². The van der Waals surface area contributed by atoms with Crippen molar-refractivity contribution >= 4 is 18.0 Å². The molecule has 1 N–H and O–H groups in total. The summed E-state index contributed by atoms with van der Waals surface area (Å²) in [4.78, 5) is 8.17. The molecule has 0 aromatic carbocycles. The van der Waals surface area contributed by atoms with E-state index in [0.717, 1.165) is 0 Å². The summed E-state index contributed by atoms with van der Waals surface area (Å²) in [7, 11) is 0. The Morgan fingerprint density at radius 1 is 1.53 bits per heavy atom. The second-order valence-electron chi connectivity index (χ2n) is 3.81. The van der Waals surface area contributed by atoms with Gasteiger partial charge in [0.1, 0.15) is 6.26 Å². The van der Waals surface area contributed by atoms with Gasteiger partial charge in [0.05, 0.1) is 11.8 Å². The maximum Gasteiger partial charge on any atom is 0.218 e. The van der Waals surface area contributed by atoms with Crippen LogP contribution in [0.3, 0.4) is 0 Å². The number of thioether (sulfide) groups is 1. The van der Waals surface area contributed by atoms with Crippen LogP contribution in [-0.4, -0.2) is 21.9 Å². The molecule has 0 spiro atoms. The summed E-state index contributed by atoms with van der Waals surface area (Å²) < 4.78 is 4.54. The molecule has 1 aliphatic rings. The van der Waals surface area contributed by atoms with Gasteiger partial charge in [-0.05, 0) is 19.3 Å². The Morgan fingerprint density at radius 3 is 2.80 bits per heavy atom. The van der Waals surface area contributed by atoms with E-state index in [0.29, 0.717) is 5.89 Å². The zero-order valence-corrected chi connectivity index (χ0v) is 9.36. The first-order chi connectivity index (χ1) is 7.06. The summed E-state index contributed by atoms with van der Waals surface area (Å²) in [5.41, 5.74) is -1.00. The molecule has 2 rings (SSSR count). The van der Waals surface area contributed by atoms with Gasteiger partial charge in [0.2, 0.25) is 5.89 Å². The third-order valence-corrected chi connectivity index (χ3v) is 3.73. The number of hydrogen-bond donors (Lipinski definition) is 1. The summed E-state index contributed by atoms with van der Waals surface area (Å²) in [6.07, 6.45) is 6.41. The van der Waals surface area contributed by atoms with Crippen molar-refractivity contribution in [3.63, 3.8) is 0 Å². The minimum absolute atomic E-state index is 0.466. The maximum absolute atomic E-state index is 10.2. The van der Waals surface area contributed by atoms with E-state index in [9.17, 15) is 5.11 Å². The van der Waals surface area contributed by atoms with E-state index in [4.69, 9.17) is 4.42 Å². The Balaban J connectivity index is 2.50. The Kier molecular flexibility index (Phi) is 2.44. The SMILES string of the molecule is CC(C)(O)C1(c2ncco2)C=NC=CS1. The van der Waals surface area contributed by atoms with Gasteiger partial charge in [-0.15, -0.1) is 11.8 Å². The minimum Gasteiger partial charge on any atom is -0.447 e. The second-order valence-corrected chi connectivity index (χ2v) is 4.96. The van der Waals surface area contributed by atoms with Crippen molar-refractivity contribution in [3.05, 3.63) is 30.0 Å². The highest BCUT2D eigenvalue weighted by molar-refractivity contribution is 8.03. The fraction of sp³-hybridized carbons (Fsp3) is 0.400. The predicted molar refractivity (Wildman–Crippen MR) is 59.7 cm³/mol. The number of aromatic nitrogens is 1. The summed E-state index contributed by atoms with van der Waals surface area (Å²) in [6.45, 7) is 3.44. The van der Waals surface area contributed by atoms with Crippen LogP contribution in [0.1, 0.15) is 19.7 Å². The smallest absolute Gasteiger partial charge is 0.218 e. The molecule has 0 bridgehead atoms. The van der Waals surface area contributed by atoms with E-state index in [1.165, 1.54) is 18.0 Å². The number of aliphatic imine (C=N–C) groups is 1. The Bertz CT molecular complexity index is 392. The zero-order valence-electron chi connectivity index (χ0n) is 8.54. The highest BCUT2D eigenvalue weighted by Gasteiger charge is 2.49. The number of aliphatic hydroxyl groups is 1. The van der Waals surface area contributed by atoms with E-state index >= 15 is 0 Å². The Hall–Kier alpha value is -1.07. The third-order valence-electron chi connectivity index (χ3n) is 2.32. The fourth-order valence-corrected chi connectivity index (χ4v) is 2.39. The van der Waals surface area contributed by atoms with Crippen LogP contribution in [-0.2, 0) is 4.75 Å². The molecule has 1 aromatic rings. The Morgan fingerprint density at radius 2 is 2.33 bits per heavy atom. The molecule has 0 saturated carbocycles. The van der Waals surface area contributed by atoms with Gasteiger partial charge in [-0.25, -0.2) is 4.98 Å². The minimum atomic E-state index is -1.00. The van der Waals surface area contributed by atoms with Crippen molar-refractivity contribution in [2.45, 2.75) is 24.2 Å². The molecule has 2 heterocycles. The van der Waals surface area contributed by atoms with Gasteiger partial charge in [-0.1, -0.05) is 0 Å². The summed E-state index contributed by atoms with van der Waals surface area (Å²) in [6, 6.07) is 0. The first-order valence-corrected chi connectivity index (χ1v) is 5.44. The van der Waals surface area contributed by atoms with Crippen LogP contribution >= 0.6 is 11.8 Å². The molecule has 1 aromatic heterocycles. The molecule has 1 unspecified atom stereocenters. The molecule has 15 heavy (non-hydrogen) atoms. The third kappa shape index (κ3) is 1.61. The normalized spacial score (nSPS) is 25.8. The molecule has 0 saturated heterocycles. The van der Waals surface area contributed by atoms with Crippen molar-refractivity contribution in [2.75, 3.05) is 0 Å². The summed E-state index contributed by atoms with van der Waals surface area (Å²) >= 11 is 1.44. The van der Waals surface area contributed by atoms with Crippen LogP contribution in [0.25, 0.3) is 0 Å². The number of hydrogen-bond acceptors (Lipinski definition) is 5. The van der Waals surface area contributed by atoms with Crippen molar-refractivity contribution in [2.24, 2.45) is 4.99 Å². The largest absolute Gasteiger partial charge is 0.447 e. The molecular weight excluding hydrogens is 212 g/mol. The van der Waals surface area contributed by atoms with Gasteiger partial charge >= 0.3 is 0 Å². The standard InChI is InChI=1S/C10H12N2O2S/c1-9(2,13)10(7-11-4-6-15-10)8-12-3-5-14-8/h3-7,13H,1-2H3. The van der Waals surface area contributed by atoms with Gasteiger partial charge in [-0.2, -0.15) is 0 Å². The van der Waals surface area contributed by atoms with E-state index in [1.807, 2.05) is 5.41 Å². The average molecular weight is 224 g/mol. The first-order valence-electron chi connectivity index (χ1n) is 4.56. The van der Waals surface area contributed by atoms with Gasteiger partial charge in [0.15, 0.2) is 4.75 Å². The highest BCUT2D eigenvalue weighted by atomic mass is 32.2. The van der Waals surface area contributed by atoms with Crippen LogP contribution in [0.2, 0.25) is 0 Å². The zero-order chi connectivity index (χ0) is 10.9. The molecule has 5 heteroatoms. The van der Waals surface area contributed by atoms with Crippen LogP contribution in [0.5, 0.6) is 0 Å².